The minimum atomic E-state index is -0.711. The van der Waals surface area contributed by atoms with Crippen LogP contribution in [0.2, 0.25) is 0 Å². The minimum Gasteiger partial charge on any atom is -0.375 e. The lowest BCUT2D eigenvalue weighted by atomic mass is 10.1. The third-order valence-corrected chi connectivity index (χ3v) is 5.23. The first-order chi connectivity index (χ1) is 14.9. The molecule has 156 valence electrons. The van der Waals surface area contributed by atoms with Crippen LogP contribution < -0.4 is 16.4 Å². The van der Waals surface area contributed by atoms with Crippen molar-refractivity contribution in [1.82, 2.24) is 14.8 Å². The summed E-state index contributed by atoms with van der Waals surface area (Å²) in [5.41, 5.74) is 6.92. The van der Waals surface area contributed by atoms with Gasteiger partial charge in [-0.05, 0) is 36.8 Å². The number of carbonyl (C=O) groups is 2. The summed E-state index contributed by atoms with van der Waals surface area (Å²) in [5, 5.41) is 9.78. The number of nitrogens with zero attached hydrogens (tertiary/aromatic N) is 3. The molecule has 4 aromatic rings. The molecule has 0 aliphatic rings. The zero-order chi connectivity index (χ0) is 22.0. The van der Waals surface area contributed by atoms with Gasteiger partial charge in [-0.15, -0.1) is 0 Å². The van der Waals surface area contributed by atoms with Crippen LogP contribution in [0.25, 0.3) is 5.69 Å². The Balaban J connectivity index is 1.53. The predicted octanol–water partition coefficient (Wildman–Crippen LogP) is 3.86. The number of hydrogen-bond acceptors (Lipinski definition) is 6. The van der Waals surface area contributed by atoms with Gasteiger partial charge in [0.25, 0.3) is 11.8 Å². The molecule has 0 spiro atoms. The van der Waals surface area contributed by atoms with E-state index in [-0.39, 0.29) is 16.5 Å². The average Bonchev–Trinajstić information content (AvgIpc) is 3.39. The van der Waals surface area contributed by atoms with Crippen LogP contribution in [-0.2, 0) is 0 Å². The molecule has 0 saturated heterocycles. The monoisotopic (exact) mass is 436 g/mol. The van der Waals surface area contributed by atoms with Gasteiger partial charge in [0.2, 0.25) is 0 Å². The maximum Gasteiger partial charge on any atom is 0.267 e. The molecule has 10 heteroatoms. The molecule has 2 amide bonds. The fourth-order valence-corrected chi connectivity index (χ4v) is 3.44. The number of benzene rings is 2. The Morgan fingerprint density at radius 1 is 1.10 bits per heavy atom. The van der Waals surface area contributed by atoms with Gasteiger partial charge in [-0.1, -0.05) is 29.5 Å². The minimum absolute atomic E-state index is 0.223. The summed E-state index contributed by atoms with van der Waals surface area (Å²) in [5.74, 6) is -1.58. The number of nitrogen functional groups attached to an aromatic ring is 1. The molecule has 0 atom stereocenters. The lowest BCUT2D eigenvalue weighted by molar-refractivity contribution is 0.101. The highest BCUT2D eigenvalue weighted by atomic mass is 32.1. The highest BCUT2D eigenvalue weighted by Gasteiger charge is 2.18. The van der Waals surface area contributed by atoms with E-state index >= 15 is 0 Å². The van der Waals surface area contributed by atoms with Gasteiger partial charge in [0.1, 0.15) is 10.7 Å². The lowest BCUT2D eigenvalue weighted by Crippen LogP contribution is -2.17. The zero-order valence-electron chi connectivity index (χ0n) is 16.3. The molecule has 0 saturated carbocycles. The van der Waals surface area contributed by atoms with Crippen molar-refractivity contribution in [2.24, 2.45) is 0 Å². The maximum atomic E-state index is 14.5. The Bertz CT molecular complexity index is 1270. The standard InChI is InChI=1S/C21H17FN6O2S/c1-12-9-15(22)14(10-16(12)25-20(30)17-11-24-21(23)31-17)19(29)26-18-7-8-28(27-18)13-5-3-2-4-6-13/h2-11H,1H3,(H2,23,24)(H,25,30)(H,26,27,29). The van der Waals surface area contributed by atoms with Gasteiger partial charge in [-0.25, -0.2) is 14.1 Å². The molecule has 0 aliphatic carbocycles. The van der Waals surface area contributed by atoms with Gasteiger partial charge in [0, 0.05) is 18.0 Å². The number of rotatable bonds is 5. The summed E-state index contributed by atoms with van der Waals surface area (Å²) in [7, 11) is 0. The number of nitrogens with one attached hydrogen (secondary N) is 2. The van der Waals surface area contributed by atoms with Crippen LogP contribution in [0.1, 0.15) is 25.6 Å². The van der Waals surface area contributed by atoms with E-state index in [4.69, 9.17) is 5.73 Å². The summed E-state index contributed by atoms with van der Waals surface area (Å²) in [6.45, 7) is 1.63. The number of anilines is 3. The molecule has 0 radical (unpaired) electrons. The summed E-state index contributed by atoms with van der Waals surface area (Å²) >= 11 is 1.03. The number of amides is 2. The average molecular weight is 436 g/mol. The van der Waals surface area contributed by atoms with Crippen LogP contribution in [0.15, 0.2) is 60.9 Å². The number of hydrogen-bond donors (Lipinski definition) is 3. The summed E-state index contributed by atoms with van der Waals surface area (Å²) in [6, 6.07) is 13.4. The molecular formula is C21H17FN6O2S. The van der Waals surface area contributed by atoms with E-state index in [9.17, 15) is 14.0 Å². The second-order valence-corrected chi connectivity index (χ2v) is 7.66. The number of halogens is 1. The van der Waals surface area contributed by atoms with Crippen molar-refractivity contribution in [1.29, 1.82) is 0 Å². The largest absolute Gasteiger partial charge is 0.375 e. The predicted molar refractivity (Wildman–Crippen MR) is 117 cm³/mol. The molecule has 2 heterocycles. The zero-order valence-corrected chi connectivity index (χ0v) is 17.1. The van der Waals surface area contributed by atoms with E-state index in [0.717, 1.165) is 17.0 Å². The number of para-hydroxylation sites is 1. The fourth-order valence-electron chi connectivity index (χ4n) is 2.86. The van der Waals surface area contributed by atoms with Gasteiger partial charge >= 0.3 is 0 Å². The molecule has 0 bridgehead atoms. The van der Waals surface area contributed by atoms with E-state index in [1.807, 2.05) is 30.3 Å². The van der Waals surface area contributed by atoms with Crippen molar-refractivity contribution in [2.45, 2.75) is 6.92 Å². The molecule has 4 N–H and O–H groups in total. The van der Waals surface area contributed by atoms with Crippen molar-refractivity contribution >= 4 is 39.8 Å². The molecule has 0 aliphatic heterocycles. The number of nitrogens with two attached hydrogens (primary N) is 1. The fraction of sp³-hybridized carbons (Fsp3) is 0.0476. The van der Waals surface area contributed by atoms with Crippen LogP contribution in [0, 0.1) is 12.7 Å². The quantitative estimate of drug-likeness (QED) is 0.439. The van der Waals surface area contributed by atoms with Gasteiger partial charge in [-0.2, -0.15) is 5.10 Å². The number of thiazole rings is 1. The lowest BCUT2D eigenvalue weighted by Gasteiger charge is -2.11. The second kappa shape index (κ2) is 8.36. The molecule has 2 aromatic carbocycles. The molecule has 31 heavy (non-hydrogen) atoms. The van der Waals surface area contributed by atoms with E-state index in [1.165, 1.54) is 18.3 Å². The molecule has 8 nitrogen and oxygen atoms in total. The number of aryl methyl sites for hydroxylation is 1. The first-order valence-corrected chi connectivity index (χ1v) is 9.97. The van der Waals surface area contributed by atoms with E-state index < -0.39 is 17.6 Å². The summed E-state index contributed by atoms with van der Waals surface area (Å²) < 4.78 is 16.1. The van der Waals surface area contributed by atoms with Crippen LogP contribution in [0.5, 0.6) is 0 Å². The highest BCUT2D eigenvalue weighted by molar-refractivity contribution is 7.17. The number of aromatic nitrogens is 3. The van der Waals surface area contributed by atoms with E-state index in [2.05, 4.69) is 20.7 Å². The van der Waals surface area contributed by atoms with Crippen molar-refractivity contribution in [3.63, 3.8) is 0 Å². The van der Waals surface area contributed by atoms with Crippen LogP contribution in [-0.4, -0.2) is 26.6 Å². The number of carbonyl (C=O) groups excluding carboxylic acids is 2. The molecular weight excluding hydrogens is 419 g/mol. The smallest absolute Gasteiger partial charge is 0.267 e. The van der Waals surface area contributed by atoms with Gasteiger partial charge in [-0.3, -0.25) is 9.59 Å². The third kappa shape index (κ3) is 4.43. The molecule has 2 aromatic heterocycles. The summed E-state index contributed by atoms with van der Waals surface area (Å²) in [4.78, 5) is 29.2. The van der Waals surface area contributed by atoms with Gasteiger partial charge in [0.05, 0.1) is 17.4 Å². The van der Waals surface area contributed by atoms with E-state index in [0.29, 0.717) is 16.1 Å². The third-order valence-electron chi connectivity index (χ3n) is 4.41. The molecule has 0 fully saturated rings. The Labute approximate surface area is 180 Å². The molecule has 4 rings (SSSR count). The van der Waals surface area contributed by atoms with Gasteiger partial charge in [0.15, 0.2) is 10.9 Å². The Morgan fingerprint density at radius 2 is 1.87 bits per heavy atom. The van der Waals surface area contributed by atoms with Crippen molar-refractivity contribution in [3.8, 4) is 5.69 Å². The Hall–Kier alpha value is -4.05. The van der Waals surface area contributed by atoms with Crippen molar-refractivity contribution in [3.05, 3.63) is 82.7 Å². The Kier molecular flexibility index (Phi) is 5.46. The highest BCUT2D eigenvalue weighted by Crippen LogP contribution is 2.23. The first-order valence-electron chi connectivity index (χ1n) is 9.16. The van der Waals surface area contributed by atoms with Crippen LogP contribution >= 0.6 is 11.3 Å². The molecule has 0 unspecified atom stereocenters. The van der Waals surface area contributed by atoms with Crippen molar-refractivity contribution in [2.75, 3.05) is 16.4 Å². The maximum absolute atomic E-state index is 14.5. The van der Waals surface area contributed by atoms with E-state index in [1.54, 1.807) is 23.9 Å². The topological polar surface area (TPSA) is 115 Å². The Morgan fingerprint density at radius 3 is 2.58 bits per heavy atom. The van der Waals surface area contributed by atoms with Gasteiger partial charge < -0.3 is 16.4 Å². The SMILES string of the molecule is Cc1cc(F)c(C(=O)Nc2ccn(-c3ccccc3)n2)cc1NC(=O)c1cnc(N)s1. The van der Waals surface area contributed by atoms with Crippen molar-refractivity contribution < 1.29 is 14.0 Å². The normalized spacial score (nSPS) is 10.6. The first kappa shape index (κ1) is 20.2. The second-order valence-electron chi connectivity index (χ2n) is 6.60. The van der Waals surface area contributed by atoms with Crippen LogP contribution in [0.4, 0.5) is 21.0 Å². The van der Waals surface area contributed by atoms with Crippen LogP contribution in [0.3, 0.4) is 0 Å². The summed E-state index contributed by atoms with van der Waals surface area (Å²) in [6.07, 6.45) is 3.04.